The molecule has 0 spiro atoms. The van der Waals surface area contributed by atoms with Crippen LogP contribution < -0.4 is 19.7 Å². The number of fused-ring (bicyclic) bond motifs is 1. The highest BCUT2D eigenvalue weighted by atomic mass is 19.1. The number of ether oxygens (including phenoxy) is 2. The summed E-state index contributed by atoms with van der Waals surface area (Å²) in [6.07, 6.45) is 0.775. The second kappa shape index (κ2) is 7.92. The van der Waals surface area contributed by atoms with Crippen molar-refractivity contribution in [3.8, 4) is 11.5 Å². The van der Waals surface area contributed by atoms with E-state index in [2.05, 4.69) is 5.32 Å². The van der Waals surface area contributed by atoms with Gasteiger partial charge in [-0.05, 0) is 36.8 Å². The van der Waals surface area contributed by atoms with Crippen LogP contribution in [0.4, 0.5) is 14.5 Å². The fourth-order valence-corrected chi connectivity index (χ4v) is 3.54. The SMILES string of the molecule is COc1cc2c(cc1OC)[C@H](C)[NH+](CC(=O)Nc1c(F)cccc1F)CC2. The van der Waals surface area contributed by atoms with Crippen molar-refractivity contribution in [3.05, 3.63) is 53.1 Å². The lowest BCUT2D eigenvalue weighted by molar-refractivity contribution is -0.924. The van der Waals surface area contributed by atoms with Crippen molar-refractivity contribution in [1.29, 1.82) is 0 Å². The predicted octanol–water partition coefficient (Wildman–Crippen LogP) is 2.12. The van der Waals surface area contributed by atoms with Crippen LogP contribution in [0.3, 0.4) is 0 Å². The largest absolute Gasteiger partial charge is 0.493 e. The number of rotatable bonds is 5. The molecule has 2 aromatic rings. The van der Waals surface area contributed by atoms with Crippen LogP contribution in [-0.2, 0) is 11.2 Å². The highest BCUT2D eigenvalue weighted by Crippen LogP contribution is 2.33. The molecule has 0 saturated heterocycles. The maximum atomic E-state index is 13.7. The zero-order chi connectivity index (χ0) is 19.6. The molecule has 0 bridgehead atoms. The minimum atomic E-state index is -0.785. The molecule has 1 unspecified atom stereocenters. The Morgan fingerprint density at radius 1 is 1.19 bits per heavy atom. The Morgan fingerprint density at radius 2 is 1.81 bits per heavy atom. The lowest BCUT2D eigenvalue weighted by Gasteiger charge is -2.32. The minimum absolute atomic E-state index is 0.0322. The number of halogens is 2. The van der Waals surface area contributed by atoms with E-state index in [1.807, 2.05) is 19.1 Å². The molecular formula is C20H23F2N2O3+. The van der Waals surface area contributed by atoms with E-state index in [1.54, 1.807) is 14.2 Å². The van der Waals surface area contributed by atoms with Gasteiger partial charge in [0.15, 0.2) is 18.0 Å². The summed E-state index contributed by atoms with van der Waals surface area (Å²) in [5.41, 5.74) is 1.83. The Hall–Kier alpha value is -2.67. The molecule has 2 aromatic carbocycles. The van der Waals surface area contributed by atoms with Gasteiger partial charge in [0.1, 0.15) is 23.4 Å². The molecule has 0 aliphatic carbocycles. The Kier molecular flexibility index (Phi) is 5.60. The fourth-order valence-electron chi connectivity index (χ4n) is 3.54. The van der Waals surface area contributed by atoms with Crippen LogP contribution in [-0.4, -0.2) is 33.2 Å². The van der Waals surface area contributed by atoms with Gasteiger partial charge in [-0.15, -0.1) is 0 Å². The van der Waals surface area contributed by atoms with Crippen LogP contribution in [0.15, 0.2) is 30.3 Å². The predicted molar refractivity (Wildman–Crippen MR) is 97.3 cm³/mol. The molecule has 0 saturated carbocycles. The van der Waals surface area contributed by atoms with Crippen molar-refractivity contribution >= 4 is 11.6 Å². The lowest BCUT2D eigenvalue weighted by Crippen LogP contribution is -3.14. The molecule has 2 N–H and O–H groups in total. The topological polar surface area (TPSA) is 52.0 Å². The molecule has 0 fully saturated rings. The van der Waals surface area contributed by atoms with Crippen LogP contribution in [0.25, 0.3) is 0 Å². The van der Waals surface area contributed by atoms with Crippen molar-refractivity contribution in [3.63, 3.8) is 0 Å². The van der Waals surface area contributed by atoms with Crippen LogP contribution in [0.2, 0.25) is 0 Å². The molecule has 5 nitrogen and oxygen atoms in total. The van der Waals surface area contributed by atoms with Gasteiger partial charge in [0, 0.05) is 12.0 Å². The molecule has 2 atom stereocenters. The number of hydrogen-bond donors (Lipinski definition) is 2. The Balaban J connectivity index is 1.75. The number of para-hydroxylation sites is 1. The van der Waals surface area contributed by atoms with Gasteiger partial charge in [-0.1, -0.05) is 6.07 Å². The maximum Gasteiger partial charge on any atom is 0.279 e. The van der Waals surface area contributed by atoms with Crippen molar-refractivity contribution in [2.45, 2.75) is 19.4 Å². The van der Waals surface area contributed by atoms with Gasteiger partial charge in [0.25, 0.3) is 5.91 Å². The van der Waals surface area contributed by atoms with Crippen LogP contribution in [0, 0.1) is 11.6 Å². The van der Waals surface area contributed by atoms with E-state index in [-0.39, 0.29) is 12.6 Å². The summed E-state index contributed by atoms with van der Waals surface area (Å²) >= 11 is 0. The summed E-state index contributed by atoms with van der Waals surface area (Å²) in [6.45, 7) is 2.87. The first kappa shape index (κ1) is 19.1. The first-order chi connectivity index (χ1) is 12.9. The molecule has 1 aliphatic rings. The Labute approximate surface area is 156 Å². The molecule has 27 heavy (non-hydrogen) atoms. The average Bonchev–Trinajstić information content (AvgIpc) is 2.66. The van der Waals surface area contributed by atoms with E-state index < -0.39 is 23.2 Å². The minimum Gasteiger partial charge on any atom is -0.493 e. The molecule has 0 aromatic heterocycles. The number of methoxy groups -OCH3 is 2. The number of nitrogens with one attached hydrogen (secondary N) is 2. The quantitative estimate of drug-likeness (QED) is 0.839. The molecular weight excluding hydrogens is 354 g/mol. The molecule has 1 heterocycles. The summed E-state index contributed by atoms with van der Waals surface area (Å²) < 4.78 is 38.2. The Bertz CT molecular complexity index is 837. The van der Waals surface area contributed by atoms with E-state index in [9.17, 15) is 13.6 Å². The van der Waals surface area contributed by atoms with Gasteiger partial charge in [0.05, 0.1) is 20.8 Å². The van der Waals surface area contributed by atoms with Gasteiger partial charge in [-0.2, -0.15) is 0 Å². The van der Waals surface area contributed by atoms with Gasteiger partial charge in [0.2, 0.25) is 0 Å². The third kappa shape index (κ3) is 3.88. The number of carbonyl (C=O) groups is 1. The summed E-state index contributed by atoms with van der Waals surface area (Å²) in [6, 6.07) is 7.43. The van der Waals surface area contributed by atoms with Gasteiger partial charge < -0.3 is 19.7 Å². The normalized spacial score (nSPS) is 18.6. The van der Waals surface area contributed by atoms with Gasteiger partial charge in [-0.25, -0.2) is 8.78 Å². The first-order valence-electron chi connectivity index (χ1n) is 8.77. The second-order valence-electron chi connectivity index (χ2n) is 6.61. The number of amides is 1. The molecule has 0 radical (unpaired) electrons. The van der Waals surface area contributed by atoms with Crippen LogP contribution in [0.5, 0.6) is 11.5 Å². The Morgan fingerprint density at radius 3 is 2.44 bits per heavy atom. The van der Waals surface area contributed by atoms with E-state index in [4.69, 9.17) is 9.47 Å². The summed E-state index contributed by atoms with van der Waals surface area (Å²) in [7, 11) is 3.18. The van der Waals surface area contributed by atoms with E-state index in [0.717, 1.165) is 41.1 Å². The zero-order valence-corrected chi connectivity index (χ0v) is 15.6. The van der Waals surface area contributed by atoms with E-state index in [1.165, 1.54) is 6.07 Å². The number of hydrogen-bond acceptors (Lipinski definition) is 3. The van der Waals surface area contributed by atoms with Crippen molar-refractivity contribution in [1.82, 2.24) is 0 Å². The summed E-state index contributed by atoms with van der Waals surface area (Å²) in [5, 5.41) is 2.36. The van der Waals surface area contributed by atoms with Crippen LogP contribution in [0.1, 0.15) is 24.1 Å². The maximum absolute atomic E-state index is 13.7. The molecule has 1 amide bonds. The molecule has 144 valence electrons. The number of carbonyl (C=O) groups excluding carboxylic acids is 1. The smallest absolute Gasteiger partial charge is 0.279 e. The lowest BCUT2D eigenvalue weighted by atomic mass is 9.93. The van der Waals surface area contributed by atoms with Crippen molar-refractivity contribution < 1.29 is 27.9 Å². The number of anilines is 1. The summed E-state index contributed by atoms with van der Waals surface area (Å²) in [5.74, 6) is -0.675. The monoisotopic (exact) mass is 377 g/mol. The molecule has 1 aliphatic heterocycles. The van der Waals surface area contributed by atoms with Crippen molar-refractivity contribution in [2.24, 2.45) is 0 Å². The average molecular weight is 377 g/mol. The van der Waals surface area contributed by atoms with E-state index in [0.29, 0.717) is 11.5 Å². The van der Waals surface area contributed by atoms with Crippen LogP contribution >= 0.6 is 0 Å². The third-order valence-electron chi connectivity index (χ3n) is 5.05. The van der Waals surface area contributed by atoms with Gasteiger partial charge in [-0.3, -0.25) is 4.79 Å². The fraction of sp³-hybridized carbons (Fsp3) is 0.350. The molecule has 7 heteroatoms. The number of quaternary nitrogens is 1. The van der Waals surface area contributed by atoms with E-state index >= 15 is 0 Å². The second-order valence-corrected chi connectivity index (χ2v) is 6.61. The molecule has 3 rings (SSSR count). The van der Waals surface area contributed by atoms with Gasteiger partial charge >= 0.3 is 0 Å². The zero-order valence-electron chi connectivity index (χ0n) is 15.6. The highest BCUT2D eigenvalue weighted by molar-refractivity contribution is 5.91. The summed E-state index contributed by atoms with van der Waals surface area (Å²) in [4.78, 5) is 13.4. The third-order valence-corrected chi connectivity index (χ3v) is 5.05. The standard InChI is InChI=1S/C20H22F2N2O3/c1-12-14-10-18(27-3)17(26-2)9-13(14)7-8-24(12)11-19(25)23-20-15(21)5-4-6-16(20)22/h4-6,9-10,12H,7-8,11H2,1-3H3,(H,23,25)/p+1/t12-/m0/s1. The first-order valence-corrected chi connectivity index (χ1v) is 8.77. The number of benzene rings is 2. The highest BCUT2D eigenvalue weighted by Gasteiger charge is 2.30. The van der Waals surface area contributed by atoms with Crippen molar-refractivity contribution in [2.75, 3.05) is 32.6 Å².